The highest BCUT2D eigenvalue weighted by atomic mass is 127. The zero-order valence-electron chi connectivity index (χ0n) is 17.9. The number of nitrogens with one attached hydrogen (secondary N) is 2. The topological polar surface area (TPSA) is 71.3 Å². The molecule has 1 aliphatic rings. The van der Waals surface area contributed by atoms with E-state index in [1.54, 1.807) is 6.26 Å². The molecule has 0 aromatic carbocycles. The highest BCUT2D eigenvalue weighted by Crippen LogP contribution is 2.00. The number of hydrogen-bond acceptors (Lipinski definition) is 5. The lowest BCUT2D eigenvalue weighted by atomic mass is 10.3. The number of ether oxygens (including phenoxy) is 2. The lowest BCUT2D eigenvalue weighted by molar-refractivity contribution is 0.0376. The highest BCUT2D eigenvalue weighted by Gasteiger charge is 2.09. The quantitative estimate of drug-likeness (QED) is 0.170. The monoisotopic (exact) mass is 522 g/mol. The molecule has 2 heterocycles. The summed E-state index contributed by atoms with van der Waals surface area (Å²) in [5.41, 5.74) is 0. The Balaban J connectivity index is 0.00000420. The fourth-order valence-electron chi connectivity index (χ4n) is 2.97. The number of morpholine rings is 1. The summed E-state index contributed by atoms with van der Waals surface area (Å²) in [6.07, 6.45) is 6.92. The van der Waals surface area contributed by atoms with Crippen LogP contribution in [0.3, 0.4) is 0 Å². The summed E-state index contributed by atoms with van der Waals surface area (Å²) < 4.78 is 16.4. The number of hydrogen-bond donors (Lipinski definition) is 2. The summed E-state index contributed by atoms with van der Waals surface area (Å²) in [5, 5.41) is 6.87. The summed E-state index contributed by atoms with van der Waals surface area (Å²) in [7, 11) is 0. The second-order valence-corrected chi connectivity index (χ2v) is 7.04. The third-order valence-corrected chi connectivity index (χ3v) is 4.65. The van der Waals surface area contributed by atoms with Crippen LogP contribution in [0.15, 0.2) is 27.8 Å². The van der Waals surface area contributed by atoms with Crippen molar-refractivity contribution < 1.29 is 13.9 Å². The first-order valence-corrected chi connectivity index (χ1v) is 10.8. The number of furan rings is 1. The first-order chi connectivity index (χ1) is 13.9. The number of nitrogens with zero attached hydrogens (tertiary/aromatic N) is 2. The van der Waals surface area contributed by atoms with Gasteiger partial charge in [-0.15, -0.1) is 24.0 Å². The van der Waals surface area contributed by atoms with E-state index < -0.39 is 0 Å². The van der Waals surface area contributed by atoms with Crippen LogP contribution in [0.4, 0.5) is 0 Å². The second kappa shape index (κ2) is 18.0. The van der Waals surface area contributed by atoms with E-state index in [1.165, 1.54) is 6.42 Å². The van der Waals surface area contributed by atoms with Crippen LogP contribution in [-0.2, 0) is 15.9 Å². The molecule has 0 aliphatic carbocycles. The van der Waals surface area contributed by atoms with Crippen molar-refractivity contribution in [3.63, 3.8) is 0 Å². The van der Waals surface area contributed by atoms with Crippen LogP contribution in [0.5, 0.6) is 0 Å². The summed E-state index contributed by atoms with van der Waals surface area (Å²) in [5.74, 6) is 1.87. The van der Waals surface area contributed by atoms with Gasteiger partial charge in [-0.1, -0.05) is 13.3 Å². The average Bonchev–Trinajstić information content (AvgIpc) is 3.24. The van der Waals surface area contributed by atoms with Gasteiger partial charge in [0.1, 0.15) is 5.76 Å². The van der Waals surface area contributed by atoms with Gasteiger partial charge < -0.3 is 24.5 Å². The van der Waals surface area contributed by atoms with E-state index in [0.717, 1.165) is 103 Å². The van der Waals surface area contributed by atoms with Crippen LogP contribution >= 0.6 is 24.0 Å². The Bertz CT molecular complexity index is 508. The van der Waals surface area contributed by atoms with Crippen molar-refractivity contribution >= 4 is 29.9 Å². The normalized spacial score (nSPS) is 15.1. The van der Waals surface area contributed by atoms with E-state index in [2.05, 4.69) is 22.5 Å². The van der Waals surface area contributed by atoms with Gasteiger partial charge in [0.2, 0.25) is 0 Å². The van der Waals surface area contributed by atoms with Gasteiger partial charge in [0.05, 0.1) is 19.5 Å². The van der Waals surface area contributed by atoms with Gasteiger partial charge in [-0.05, 0) is 37.9 Å². The van der Waals surface area contributed by atoms with E-state index in [1.807, 2.05) is 12.1 Å². The molecule has 1 aromatic rings. The molecule has 0 amide bonds. The number of aliphatic imine (C=N–C) groups is 1. The summed E-state index contributed by atoms with van der Waals surface area (Å²) in [4.78, 5) is 7.15. The highest BCUT2D eigenvalue weighted by molar-refractivity contribution is 14.0. The maximum Gasteiger partial charge on any atom is 0.191 e. The Kier molecular flexibility index (Phi) is 16.2. The minimum absolute atomic E-state index is 0. The van der Waals surface area contributed by atoms with Gasteiger partial charge in [-0.2, -0.15) is 0 Å². The molecule has 29 heavy (non-hydrogen) atoms. The standard InChI is InChI=1S/C21H38N4O3.HI/c1-2-3-15-26-16-6-10-23-21(24-11-8-20-7-4-17-28-20)22-9-5-12-25-13-18-27-19-14-25;/h4,7,17H,2-3,5-6,8-16,18-19H2,1H3,(H2,22,23,24);1H. The second-order valence-electron chi connectivity index (χ2n) is 7.04. The van der Waals surface area contributed by atoms with Crippen molar-refractivity contribution in [1.82, 2.24) is 15.5 Å². The molecule has 0 bridgehead atoms. The Morgan fingerprint density at radius 3 is 2.69 bits per heavy atom. The minimum Gasteiger partial charge on any atom is -0.469 e. The number of guanidine groups is 1. The van der Waals surface area contributed by atoms with Crippen molar-refractivity contribution in [2.45, 2.75) is 39.0 Å². The predicted octanol–water partition coefficient (Wildman–Crippen LogP) is 2.90. The van der Waals surface area contributed by atoms with Gasteiger partial charge in [0.25, 0.3) is 0 Å². The molecule has 0 atom stereocenters. The first-order valence-electron chi connectivity index (χ1n) is 10.8. The molecule has 7 nitrogen and oxygen atoms in total. The van der Waals surface area contributed by atoms with Gasteiger partial charge in [-0.3, -0.25) is 9.89 Å². The zero-order valence-corrected chi connectivity index (χ0v) is 20.2. The number of rotatable bonds is 14. The van der Waals surface area contributed by atoms with Crippen LogP contribution in [0, 0.1) is 0 Å². The van der Waals surface area contributed by atoms with Crippen LogP contribution in [-0.4, -0.2) is 76.6 Å². The molecule has 1 fully saturated rings. The summed E-state index contributed by atoms with van der Waals surface area (Å²) in [6, 6.07) is 3.93. The van der Waals surface area contributed by atoms with Gasteiger partial charge >= 0.3 is 0 Å². The molecular formula is C21H39IN4O3. The third-order valence-electron chi connectivity index (χ3n) is 4.65. The maximum absolute atomic E-state index is 5.61. The molecule has 1 aliphatic heterocycles. The SMILES string of the molecule is CCCCOCCCN=C(NCCCN1CCOCC1)NCCc1ccco1.I. The zero-order chi connectivity index (χ0) is 19.7. The molecule has 2 N–H and O–H groups in total. The number of unbranched alkanes of at least 4 members (excludes halogenated alkanes) is 1. The molecule has 0 saturated carbocycles. The Hall–Kier alpha value is -0.840. The smallest absolute Gasteiger partial charge is 0.191 e. The maximum atomic E-state index is 5.61. The van der Waals surface area contributed by atoms with Crippen molar-refractivity contribution in [3.05, 3.63) is 24.2 Å². The summed E-state index contributed by atoms with van der Waals surface area (Å²) >= 11 is 0. The van der Waals surface area contributed by atoms with Crippen LogP contribution < -0.4 is 10.6 Å². The van der Waals surface area contributed by atoms with Crippen LogP contribution in [0.1, 0.15) is 38.4 Å². The minimum atomic E-state index is 0. The predicted molar refractivity (Wildman–Crippen MR) is 128 cm³/mol. The van der Waals surface area contributed by atoms with Crippen molar-refractivity contribution in [2.75, 3.05) is 65.7 Å². The van der Waals surface area contributed by atoms with E-state index >= 15 is 0 Å². The largest absolute Gasteiger partial charge is 0.469 e. The van der Waals surface area contributed by atoms with Crippen molar-refractivity contribution in [2.24, 2.45) is 4.99 Å². The Labute approximate surface area is 193 Å². The first kappa shape index (κ1) is 26.2. The Morgan fingerprint density at radius 2 is 1.93 bits per heavy atom. The van der Waals surface area contributed by atoms with Crippen molar-refractivity contribution in [3.8, 4) is 0 Å². The molecular weight excluding hydrogens is 483 g/mol. The lowest BCUT2D eigenvalue weighted by Gasteiger charge is -2.26. The van der Waals surface area contributed by atoms with Gasteiger partial charge in [-0.25, -0.2) is 0 Å². The van der Waals surface area contributed by atoms with Crippen LogP contribution in [0.25, 0.3) is 0 Å². The Morgan fingerprint density at radius 1 is 1.14 bits per heavy atom. The average molecular weight is 522 g/mol. The molecule has 8 heteroatoms. The fraction of sp³-hybridized carbons (Fsp3) is 0.762. The molecule has 2 rings (SSSR count). The lowest BCUT2D eigenvalue weighted by Crippen LogP contribution is -2.41. The van der Waals surface area contributed by atoms with E-state index in [4.69, 9.17) is 18.9 Å². The molecule has 1 aromatic heterocycles. The van der Waals surface area contributed by atoms with E-state index in [9.17, 15) is 0 Å². The molecule has 0 radical (unpaired) electrons. The van der Waals surface area contributed by atoms with E-state index in [0.29, 0.717) is 0 Å². The van der Waals surface area contributed by atoms with E-state index in [-0.39, 0.29) is 24.0 Å². The number of halogens is 1. The van der Waals surface area contributed by atoms with Crippen LogP contribution in [0.2, 0.25) is 0 Å². The molecule has 1 saturated heterocycles. The van der Waals surface area contributed by atoms with Gasteiger partial charge in [0.15, 0.2) is 5.96 Å². The third kappa shape index (κ3) is 13.1. The molecule has 0 spiro atoms. The molecule has 0 unspecified atom stereocenters. The summed E-state index contributed by atoms with van der Waals surface area (Å²) in [6.45, 7) is 11.2. The fourth-order valence-corrected chi connectivity index (χ4v) is 2.97. The molecule has 168 valence electrons. The van der Waals surface area contributed by atoms with Gasteiger partial charge in [0, 0.05) is 52.4 Å². The van der Waals surface area contributed by atoms with Crippen molar-refractivity contribution in [1.29, 1.82) is 0 Å².